The molecule has 1 aromatic carbocycles. The van der Waals surface area contributed by atoms with Crippen LogP contribution in [0.25, 0.3) is 6.08 Å². The molecule has 0 amide bonds. The van der Waals surface area contributed by atoms with Crippen LogP contribution in [0.2, 0.25) is 0 Å². The highest BCUT2D eigenvalue weighted by Crippen LogP contribution is 2.15. The van der Waals surface area contributed by atoms with Crippen molar-refractivity contribution >= 4 is 6.08 Å². The molecule has 2 rings (SSSR count). The van der Waals surface area contributed by atoms with Gasteiger partial charge in [-0.3, -0.25) is 0 Å². The number of aliphatic hydroxyl groups excluding tert-OH is 1. The average molecular weight is 217 g/mol. The monoisotopic (exact) mass is 217 g/mol. The number of rotatable bonds is 3. The lowest BCUT2D eigenvalue weighted by Gasteiger charge is -2.15. The van der Waals surface area contributed by atoms with Crippen molar-refractivity contribution in [2.45, 2.75) is 19.3 Å². The lowest BCUT2D eigenvalue weighted by Crippen LogP contribution is -2.22. The maximum atomic E-state index is 8.83. The molecule has 0 spiro atoms. The summed E-state index contributed by atoms with van der Waals surface area (Å²) in [5.41, 5.74) is 4.02. The molecule has 0 atom stereocenters. The van der Waals surface area contributed by atoms with Crippen LogP contribution >= 0.6 is 0 Å². The van der Waals surface area contributed by atoms with Crippen LogP contribution in [0.1, 0.15) is 24.0 Å². The molecule has 0 aromatic heterocycles. The van der Waals surface area contributed by atoms with Gasteiger partial charge in [0.25, 0.3) is 0 Å². The standard InChI is InChI=1S/C14H19NO/c16-10-7-12-1-3-13(4-2-12)11-14-5-8-15-9-6-14/h1-4,11,15-16H,5-10H2. The molecule has 0 unspecified atom stereocenters. The van der Waals surface area contributed by atoms with Gasteiger partial charge in [-0.05, 0) is 43.5 Å². The number of aliphatic hydroxyl groups is 1. The highest BCUT2D eigenvalue weighted by Gasteiger charge is 2.03. The van der Waals surface area contributed by atoms with Crippen LogP contribution in [0.15, 0.2) is 29.8 Å². The number of nitrogens with one attached hydrogen (secondary N) is 1. The predicted molar refractivity (Wildman–Crippen MR) is 67.3 cm³/mol. The van der Waals surface area contributed by atoms with Gasteiger partial charge < -0.3 is 10.4 Å². The quantitative estimate of drug-likeness (QED) is 0.811. The molecule has 1 heterocycles. The zero-order chi connectivity index (χ0) is 11.2. The van der Waals surface area contributed by atoms with Crippen LogP contribution in [0.4, 0.5) is 0 Å². The van der Waals surface area contributed by atoms with Gasteiger partial charge in [0.05, 0.1) is 0 Å². The van der Waals surface area contributed by atoms with E-state index in [0.29, 0.717) is 0 Å². The SMILES string of the molecule is OCCc1ccc(C=C2CCNCC2)cc1. The van der Waals surface area contributed by atoms with E-state index in [9.17, 15) is 0 Å². The Morgan fingerprint density at radius 2 is 1.81 bits per heavy atom. The number of benzene rings is 1. The van der Waals surface area contributed by atoms with Crippen LogP contribution in [-0.2, 0) is 6.42 Å². The largest absolute Gasteiger partial charge is 0.396 e. The third kappa shape index (κ3) is 3.19. The van der Waals surface area contributed by atoms with Crippen molar-refractivity contribution in [1.29, 1.82) is 0 Å². The Labute approximate surface area is 97.0 Å². The molecule has 1 aliphatic rings. The molecule has 2 nitrogen and oxygen atoms in total. The number of hydrogen-bond acceptors (Lipinski definition) is 2. The predicted octanol–water partition coefficient (Wildman–Crippen LogP) is 1.99. The fourth-order valence-corrected chi connectivity index (χ4v) is 2.04. The molecule has 1 aromatic rings. The lowest BCUT2D eigenvalue weighted by molar-refractivity contribution is 0.299. The second-order valence-corrected chi connectivity index (χ2v) is 4.27. The van der Waals surface area contributed by atoms with E-state index >= 15 is 0 Å². The fourth-order valence-electron chi connectivity index (χ4n) is 2.04. The summed E-state index contributed by atoms with van der Waals surface area (Å²) >= 11 is 0. The van der Waals surface area contributed by atoms with E-state index in [2.05, 4.69) is 35.7 Å². The molecule has 0 saturated carbocycles. The molecule has 0 aliphatic carbocycles. The average Bonchev–Trinajstić information content (AvgIpc) is 2.33. The first-order valence-electron chi connectivity index (χ1n) is 5.98. The van der Waals surface area contributed by atoms with E-state index in [1.54, 1.807) is 0 Å². The summed E-state index contributed by atoms with van der Waals surface area (Å²) in [6.07, 6.45) is 5.38. The molecule has 86 valence electrons. The van der Waals surface area contributed by atoms with Crippen molar-refractivity contribution in [3.8, 4) is 0 Å². The molecule has 2 N–H and O–H groups in total. The summed E-state index contributed by atoms with van der Waals surface area (Å²) in [5, 5.41) is 12.2. The van der Waals surface area contributed by atoms with E-state index in [4.69, 9.17) is 5.11 Å². The van der Waals surface area contributed by atoms with E-state index in [1.165, 1.54) is 29.5 Å². The van der Waals surface area contributed by atoms with E-state index in [0.717, 1.165) is 19.5 Å². The van der Waals surface area contributed by atoms with Crippen LogP contribution in [0.5, 0.6) is 0 Å². The maximum Gasteiger partial charge on any atom is 0.0471 e. The second-order valence-electron chi connectivity index (χ2n) is 4.27. The van der Waals surface area contributed by atoms with Crippen LogP contribution in [-0.4, -0.2) is 24.8 Å². The van der Waals surface area contributed by atoms with Gasteiger partial charge in [0, 0.05) is 6.61 Å². The van der Waals surface area contributed by atoms with E-state index in [1.807, 2.05) is 0 Å². The van der Waals surface area contributed by atoms with Crippen molar-refractivity contribution in [2.24, 2.45) is 0 Å². The molecule has 16 heavy (non-hydrogen) atoms. The van der Waals surface area contributed by atoms with Gasteiger partial charge in [-0.15, -0.1) is 0 Å². The molecule has 0 radical (unpaired) electrons. The molecule has 0 bridgehead atoms. The number of hydrogen-bond donors (Lipinski definition) is 2. The Kier molecular flexibility index (Phi) is 4.14. The van der Waals surface area contributed by atoms with Crippen molar-refractivity contribution in [3.63, 3.8) is 0 Å². The summed E-state index contributed by atoms with van der Waals surface area (Å²) in [6, 6.07) is 8.48. The van der Waals surface area contributed by atoms with E-state index in [-0.39, 0.29) is 6.61 Å². The number of piperidine rings is 1. The second kappa shape index (κ2) is 5.83. The summed E-state index contributed by atoms with van der Waals surface area (Å²) in [6.45, 7) is 2.44. The molecule has 1 fully saturated rings. The minimum Gasteiger partial charge on any atom is -0.396 e. The summed E-state index contributed by atoms with van der Waals surface area (Å²) in [4.78, 5) is 0. The minimum absolute atomic E-state index is 0.228. The third-order valence-corrected chi connectivity index (χ3v) is 3.00. The first-order chi connectivity index (χ1) is 7.88. The fraction of sp³-hybridized carbons (Fsp3) is 0.429. The minimum atomic E-state index is 0.228. The molecule has 1 saturated heterocycles. The highest BCUT2D eigenvalue weighted by molar-refractivity contribution is 5.53. The molecular weight excluding hydrogens is 198 g/mol. The van der Waals surface area contributed by atoms with Crippen molar-refractivity contribution in [1.82, 2.24) is 5.32 Å². The summed E-state index contributed by atoms with van der Waals surface area (Å²) in [5.74, 6) is 0. The van der Waals surface area contributed by atoms with Gasteiger partial charge in [0.15, 0.2) is 0 Å². The topological polar surface area (TPSA) is 32.3 Å². The zero-order valence-corrected chi connectivity index (χ0v) is 9.58. The maximum absolute atomic E-state index is 8.83. The van der Waals surface area contributed by atoms with Crippen LogP contribution in [0, 0.1) is 0 Å². The molecule has 1 aliphatic heterocycles. The highest BCUT2D eigenvalue weighted by atomic mass is 16.2. The normalized spacial score (nSPS) is 16.2. The smallest absolute Gasteiger partial charge is 0.0471 e. The van der Waals surface area contributed by atoms with Gasteiger partial charge in [-0.2, -0.15) is 0 Å². The van der Waals surface area contributed by atoms with Gasteiger partial charge >= 0.3 is 0 Å². The van der Waals surface area contributed by atoms with Crippen LogP contribution in [0.3, 0.4) is 0 Å². The van der Waals surface area contributed by atoms with Crippen LogP contribution < -0.4 is 5.32 Å². The van der Waals surface area contributed by atoms with Gasteiger partial charge in [0.2, 0.25) is 0 Å². The first-order valence-corrected chi connectivity index (χ1v) is 5.98. The lowest BCUT2D eigenvalue weighted by atomic mass is 10.0. The van der Waals surface area contributed by atoms with E-state index < -0.39 is 0 Å². The Hall–Kier alpha value is -1.12. The Balaban J connectivity index is 2.03. The van der Waals surface area contributed by atoms with Gasteiger partial charge in [-0.1, -0.05) is 35.9 Å². The third-order valence-electron chi connectivity index (χ3n) is 3.00. The van der Waals surface area contributed by atoms with Crippen molar-refractivity contribution < 1.29 is 5.11 Å². The first kappa shape index (κ1) is 11.4. The Morgan fingerprint density at radius 3 is 2.44 bits per heavy atom. The Bertz CT molecular complexity index is 346. The van der Waals surface area contributed by atoms with Gasteiger partial charge in [0.1, 0.15) is 0 Å². The van der Waals surface area contributed by atoms with Gasteiger partial charge in [-0.25, -0.2) is 0 Å². The summed E-state index contributed by atoms with van der Waals surface area (Å²) < 4.78 is 0. The van der Waals surface area contributed by atoms with Crippen molar-refractivity contribution in [3.05, 3.63) is 41.0 Å². The molecular formula is C14H19NO. The zero-order valence-electron chi connectivity index (χ0n) is 9.58. The molecule has 2 heteroatoms. The summed E-state index contributed by atoms with van der Waals surface area (Å²) in [7, 11) is 0. The van der Waals surface area contributed by atoms with Crippen molar-refractivity contribution in [2.75, 3.05) is 19.7 Å². The Morgan fingerprint density at radius 1 is 1.12 bits per heavy atom.